The second kappa shape index (κ2) is 4.53. The van der Waals surface area contributed by atoms with Crippen molar-refractivity contribution in [3.63, 3.8) is 0 Å². The van der Waals surface area contributed by atoms with Gasteiger partial charge in [0, 0.05) is 18.7 Å². The average molecular weight is 273 g/mol. The van der Waals surface area contributed by atoms with E-state index in [4.69, 9.17) is 12.2 Å². The number of aromatic amines is 1. The van der Waals surface area contributed by atoms with Crippen LogP contribution in [0.3, 0.4) is 0 Å². The van der Waals surface area contributed by atoms with Gasteiger partial charge in [-0.05, 0) is 45.3 Å². The predicted molar refractivity (Wildman–Crippen MR) is 81.7 cm³/mol. The molecule has 0 aliphatic carbocycles. The molecule has 0 radical (unpaired) electrons. The predicted octanol–water partition coefficient (Wildman–Crippen LogP) is 4.00. The lowest BCUT2D eigenvalue weighted by Gasteiger charge is -2.26. The van der Waals surface area contributed by atoms with Crippen LogP contribution in [0.25, 0.3) is 11.0 Å². The minimum atomic E-state index is 0.373. The molecule has 1 aliphatic rings. The summed E-state index contributed by atoms with van der Waals surface area (Å²) in [5.74, 6) is 0. The first-order valence-electron chi connectivity index (χ1n) is 6.70. The Morgan fingerprint density at radius 1 is 1.37 bits per heavy atom. The summed E-state index contributed by atoms with van der Waals surface area (Å²) in [6, 6.07) is 6.80. The zero-order valence-corrected chi connectivity index (χ0v) is 12.4. The average Bonchev–Trinajstić information content (AvgIpc) is 2.61. The van der Waals surface area contributed by atoms with E-state index in [2.05, 4.69) is 59.6 Å². The minimum Gasteiger partial charge on any atom is -0.369 e. The number of nitrogens with one attached hydrogen (secondary N) is 1. The molecule has 3 rings (SSSR count). The number of hydrogen-bond acceptors (Lipinski definition) is 2. The molecule has 0 saturated heterocycles. The molecule has 4 heteroatoms. The Bertz CT molecular complexity index is 704. The third kappa shape index (κ3) is 2.00. The molecule has 1 aromatic heterocycles. The van der Waals surface area contributed by atoms with Crippen LogP contribution < -0.4 is 0 Å². The van der Waals surface area contributed by atoms with Gasteiger partial charge in [0.2, 0.25) is 0 Å². The lowest BCUT2D eigenvalue weighted by molar-refractivity contribution is 0.294. The highest BCUT2D eigenvalue weighted by Gasteiger charge is 2.22. The number of aromatic nitrogens is 2. The SMILES string of the molecule is CC(C)=CN1CCn2c(=S)[nH]c3cccc(c32)C1C. The summed E-state index contributed by atoms with van der Waals surface area (Å²) < 4.78 is 3.06. The summed E-state index contributed by atoms with van der Waals surface area (Å²) in [6.07, 6.45) is 2.25. The van der Waals surface area contributed by atoms with Gasteiger partial charge in [0.15, 0.2) is 4.77 Å². The minimum absolute atomic E-state index is 0.373. The van der Waals surface area contributed by atoms with E-state index in [9.17, 15) is 0 Å². The van der Waals surface area contributed by atoms with Crippen LogP contribution in [-0.2, 0) is 6.54 Å². The zero-order valence-electron chi connectivity index (χ0n) is 11.6. The number of benzene rings is 1. The molecular weight excluding hydrogens is 254 g/mol. The molecular formula is C15H19N3S. The van der Waals surface area contributed by atoms with Gasteiger partial charge in [0.1, 0.15) is 0 Å². The molecule has 1 N–H and O–H groups in total. The van der Waals surface area contributed by atoms with Crippen molar-refractivity contribution >= 4 is 23.3 Å². The first kappa shape index (κ1) is 12.5. The van der Waals surface area contributed by atoms with Crippen molar-refractivity contribution in [2.45, 2.75) is 33.4 Å². The molecule has 1 aromatic carbocycles. The van der Waals surface area contributed by atoms with Crippen LogP contribution in [-0.4, -0.2) is 21.0 Å². The molecule has 19 heavy (non-hydrogen) atoms. The van der Waals surface area contributed by atoms with Crippen molar-refractivity contribution in [3.05, 3.63) is 40.3 Å². The number of nitrogens with zero attached hydrogens (tertiary/aromatic N) is 2. The summed E-state index contributed by atoms with van der Waals surface area (Å²) in [5.41, 5.74) is 5.09. The van der Waals surface area contributed by atoms with Crippen LogP contribution in [0.5, 0.6) is 0 Å². The quantitative estimate of drug-likeness (QED) is 0.794. The second-order valence-corrected chi connectivity index (χ2v) is 5.83. The van der Waals surface area contributed by atoms with Gasteiger partial charge < -0.3 is 14.5 Å². The Kier molecular flexibility index (Phi) is 2.97. The molecule has 1 aliphatic heterocycles. The fourth-order valence-electron chi connectivity index (χ4n) is 2.89. The summed E-state index contributed by atoms with van der Waals surface area (Å²) in [7, 11) is 0. The highest BCUT2D eigenvalue weighted by atomic mass is 32.1. The van der Waals surface area contributed by atoms with Crippen LogP contribution >= 0.6 is 12.2 Å². The Hall–Kier alpha value is -1.55. The van der Waals surface area contributed by atoms with Gasteiger partial charge in [0.25, 0.3) is 0 Å². The van der Waals surface area contributed by atoms with E-state index in [1.165, 1.54) is 16.7 Å². The Labute approximate surface area is 118 Å². The van der Waals surface area contributed by atoms with Gasteiger partial charge >= 0.3 is 0 Å². The van der Waals surface area contributed by atoms with E-state index in [0.29, 0.717) is 6.04 Å². The zero-order chi connectivity index (χ0) is 13.6. The standard InChI is InChI=1S/C15H19N3S/c1-10(2)9-17-7-8-18-14-12(11(17)3)5-4-6-13(14)16-15(18)19/h4-6,9,11H,7-8H2,1-3H3,(H,16,19). The van der Waals surface area contributed by atoms with E-state index in [1.807, 2.05) is 0 Å². The fraction of sp³-hybridized carbons (Fsp3) is 0.400. The maximum Gasteiger partial charge on any atom is 0.178 e. The summed E-state index contributed by atoms with van der Waals surface area (Å²) in [4.78, 5) is 5.72. The second-order valence-electron chi connectivity index (χ2n) is 5.45. The number of rotatable bonds is 1. The first-order valence-corrected chi connectivity index (χ1v) is 7.11. The highest BCUT2D eigenvalue weighted by Crippen LogP contribution is 2.31. The van der Waals surface area contributed by atoms with Gasteiger partial charge in [-0.25, -0.2) is 0 Å². The van der Waals surface area contributed by atoms with Crippen LogP contribution in [0.4, 0.5) is 0 Å². The maximum absolute atomic E-state index is 5.44. The topological polar surface area (TPSA) is 24.0 Å². The number of H-pyrrole nitrogens is 1. The van der Waals surface area contributed by atoms with E-state index in [-0.39, 0.29) is 0 Å². The molecule has 2 aromatic rings. The van der Waals surface area contributed by atoms with Crippen LogP contribution in [0.1, 0.15) is 32.4 Å². The third-order valence-corrected chi connectivity index (χ3v) is 4.10. The lowest BCUT2D eigenvalue weighted by atomic mass is 10.1. The van der Waals surface area contributed by atoms with Crippen LogP contribution in [0.15, 0.2) is 30.0 Å². The van der Waals surface area contributed by atoms with Crippen molar-refractivity contribution in [2.24, 2.45) is 0 Å². The first-order chi connectivity index (χ1) is 9.08. The van der Waals surface area contributed by atoms with Crippen LogP contribution in [0.2, 0.25) is 0 Å². The molecule has 0 spiro atoms. The smallest absolute Gasteiger partial charge is 0.178 e. The van der Waals surface area contributed by atoms with Crippen molar-refractivity contribution < 1.29 is 0 Å². The molecule has 0 bridgehead atoms. The maximum atomic E-state index is 5.44. The van der Waals surface area contributed by atoms with Gasteiger partial charge in [-0.1, -0.05) is 17.7 Å². The van der Waals surface area contributed by atoms with Crippen molar-refractivity contribution in [1.29, 1.82) is 0 Å². The normalized spacial score (nSPS) is 18.5. The van der Waals surface area contributed by atoms with Crippen molar-refractivity contribution in [1.82, 2.24) is 14.5 Å². The largest absolute Gasteiger partial charge is 0.369 e. The molecule has 0 saturated carbocycles. The highest BCUT2D eigenvalue weighted by molar-refractivity contribution is 7.71. The Balaban J connectivity index is 2.22. The molecule has 100 valence electrons. The summed E-state index contributed by atoms with van der Waals surface area (Å²) in [5, 5.41) is 0. The third-order valence-electron chi connectivity index (χ3n) is 3.78. The molecule has 3 nitrogen and oxygen atoms in total. The summed E-state index contributed by atoms with van der Waals surface area (Å²) in [6.45, 7) is 8.47. The van der Waals surface area contributed by atoms with Crippen molar-refractivity contribution in [3.8, 4) is 0 Å². The van der Waals surface area contributed by atoms with Gasteiger partial charge in [0.05, 0.1) is 17.1 Å². The fourth-order valence-corrected chi connectivity index (χ4v) is 3.19. The lowest BCUT2D eigenvalue weighted by Crippen LogP contribution is -2.23. The van der Waals surface area contributed by atoms with Gasteiger partial charge in [-0.3, -0.25) is 0 Å². The number of imidazole rings is 1. The van der Waals surface area contributed by atoms with Crippen molar-refractivity contribution in [2.75, 3.05) is 6.54 Å². The monoisotopic (exact) mass is 273 g/mol. The number of hydrogen-bond donors (Lipinski definition) is 1. The Morgan fingerprint density at radius 2 is 2.16 bits per heavy atom. The van der Waals surface area contributed by atoms with E-state index < -0.39 is 0 Å². The van der Waals surface area contributed by atoms with Gasteiger partial charge in [-0.15, -0.1) is 0 Å². The molecule has 0 fully saturated rings. The molecule has 0 amide bonds. The van der Waals surface area contributed by atoms with Crippen LogP contribution in [0, 0.1) is 4.77 Å². The van der Waals surface area contributed by atoms with Gasteiger partial charge in [-0.2, -0.15) is 0 Å². The van der Waals surface area contributed by atoms with E-state index in [0.717, 1.165) is 23.4 Å². The molecule has 1 atom stereocenters. The van der Waals surface area contributed by atoms with E-state index in [1.54, 1.807) is 0 Å². The number of para-hydroxylation sites is 1. The number of allylic oxidation sites excluding steroid dienone is 1. The Morgan fingerprint density at radius 3 is 2.89 bits per heavy atom. The molecule has 1 unspecified atom stereocenters. The molecule has 2 heterocycles. The summed E-state index contributed by atoms with van der Waals surface area (Å²) >= 11 is 5.44. The van der Waals surface area contributed by atoms with E-state index >= 15 is 0 Å².